The SMILES string of the molecule is CCCN1CCC(c2cc(-c3ccc(NC(=O)c4cccn(-c5ccccc5)c4=O)cc3F)c3c(N)ncnn23)CC1. The van der Waals surface area contributed by atoms with Gasteiger partial charge in [0.2, 0.25) is 0 Å². The van der Waals surface area contributed by atoms with Crippen molar-refractivity contribution < 1.29 is 9.18 Å². The molecule has 0 aliphatic carbocycles. The van der Waals surface area contributed by atoms with Crippen molar-refractivity contribution in [1.29, 1.82) is 0 Å². The molecule has 1 amide bonds. The van der Waals surface area contributed by atoms with Gasteiger partial charge in [0.15, 0.2) is 5.82 Å². The molecule has 3 N–H and O–H groups in total. The van der Waals surface area contributed by atoms with Crippen molar-refractivity contribution in [3.05, 3.63) is 107 Å². The molecule has 5 aromatic rings. The Morgan fingerprint density at radius 1 is 1.05 bits per heavy atom. The number of nitrogens with one attached hydrogen (secondary N) is 1. The number of para-hydroxylation sites is 1. The second-order valence-corrected chi connectivity index (χ2v) is 10.6. The van der Waals surface area contributed by atoms with Crippen LogP contribution in [0.4, 0.5) is 15.9 Å². The smallest absolute Gasteiger partial charge is 0.267 e. The van der Waals surface area contributed by atoms with Crippen molar-refractivity contribution in [3.63, 3.8) is 0 Å². The molecule has 0 bridgehead atoms. The van der Waals surface area contributed by atoms with Gasteiger partial charge in [-0.3, -0.25) is 14.2 Å². The lowest BCUT2D eigenvalue weighted by atomic mass is 9.93. The van der Waals surface area contributed by atoms with Crippen LogP contribution in [0.25, 0.3) is 22.3 Å². The molecule has 3 aromatic heterocycles. The van der Waals surface area contributed by atoms with Crippen molar-refractivity contribution in [2.45, 2.75) is 32.1 Å². The molecular weight excluding hydrogens is 533 g/mol. The fourth-order valence-electron chi connectivity index (χ4n) is 5.83. The Morgan fingerprint density at radius 2 is 1.83 bits per heavy atom. The summed E-state index contributed by atoms with van der Waals surface area (Å²) in [5, 5.41) is 7.14. The van der Waals surface area contributed by atoms with E-state index in [9.17, 15) is 9.59 Å². The average molecular weight is 566 g/mol. The van der Waals surface area contributed by atoms with Gasteiger partial charge in [0, 0.05) is 40.3 Å². The Labute approximate surface area is 242 Å². The Balaban J connectivity index is 1.28. The zero-order valence-corrected chi connectivity index (χ0v) is 23.3. The highest BCUT2D eigenvalue weighted by molar-refractivity contribution is 6.04. The van der Waals surface area contributed by atoms with Crippen LogP contribution in [0, 0.1) is 5.82 Å². The number of anilines is 2. The first-order valence-electron chi connectivity index (χ1n) is 14.2. The lowest BCUT2D eigenvalue weighted by molar-refractivity contribution is 0.102. The molecule has 10 heteroatoms. The van der Waals surface area contributed by atoms with Crippen LogP contribution in [0.5, 0.6) is 0 Å². The number of piperidine rings is 1. The van der Waals surface area contributed by atoms with Crippen molar-refractivity contribution in [2.24, 2.45) is 0 Å². The maximum Gasteiger partial charge on any atom is 0.267 e. The lowest BCUT2D eigenvalue weighted by Gasteiger charge is -2.31. The summed E-state index contributed by atoms with van der Waals surface area (Å²) in [6.07, 6.45) is 6.11. The summed E-state index contributed by atoms with van der Waals surface area (Å²) in [5.74, 6) is -0.630. The molecule has 42 heavy (non-hydrogen) atoms. The number of aromatic nitrogens is 4. The monoisotopic (exact) mass is 565 g/mol. The zero-order chi connectivity index (χ0) is 29.2. The molecule has 0 radical (unpaired) electrons. The number of pyridine rings is 1. The van der Waals surface area contributed by atoms with E-state index in [-0.39, 0.29) is 23.0 Å². The van der Waals surface area contributed by atoms with Crippen LogP contribution >= 0.6 is 0 Å². The van der Waals surface area contributed by atoms with Crippen molar-refractivity contribution >= 4 is 22.9 Å². The highest BCUT2D eigenvalue weighted by Crippen LogP contribution is 2.38. The van der Waals surface area contributed by atoms with E-state index in [4.69, 9.17) is 5.73 Å². The molecule has 0 saturated carbocycles. The summed E-state index contributed by atoms with van der Waals surface area (Å²) < 4.78 is 18.9. The Hall–Kier alpha value is -4.83. The van der Waals surface area contributed by atoms with Crippen LogP contribution in [-0.2, 0) is 0 Å². The molecule has 4 heterocycles. The van der Waals surface area contributed by atoms with Gasteiger partial charge in [-0.15, -0.1) is 0 Å². The molecule has 1 aliphatic rings. The van der Waals surface area contributed by atoms with Crippen LogP contribution in [0.3, 0.4) is 0 Å². The van der Waals surface area contributed by atoms with E-state index < -0.39 is 17.3 Å². The number of rotatable bonds is 7. The van der Waals surface area contributed by atoms with E-state index in [0.717, 1.165) is 44.6 Å². The number of halogens is 1. The van der Waals surface area contributed by atoms with Crippen molar-refractivity contribution in [3.8, 4) is 16.8 Å². The zero-order valence-electron chi connectivity index (χ0n) is 23.3. The van der Waals surface area contributed by atoms with Crippen molar-refractivity contribution in [1.82, 2.24) is 24.1 Å². The number of nitrogens with two attached hydrogens (primary N) is 1. The standard InChI is InChI=1S/C32H32FN7O2/c1-2-14-38-16-12-21(13-17-38)28-19-26(29-30(34)35-20-36-40(28)29)24-11-10-22(18-27(24)33)37-31(41)25-9-6-15-39(32(25)42)23-7-4-3-5-8-23/h3-11,15,18-21H,2,12-14,16-17H2,1H3,(H,37,41)(H2,34,35,36). The van der Waals surface area contributed by atoms with Gasteiger partial charge < -0.3 is 16.0 Å². The van der Waals surface area contributed by atoms with Gasteiger partial charge in [0.25, 0.3) is 11.5 Å². The number of amides is 1. The number of benzene rings is 2. The van der Waals surface area contributed by atoms with Gasteiger partial charge in [-0.1, -0.05) is 25.1 Å². The van der Waals surface area contributed by atoms with Gasteiger partial charge in [-0.05, 0) is 87.4 Å². The number of nitrogen functional groups attached to an aromatic ring is 1. The molecule has 1 aliphatic heterocycles. The molecule has 2 aromatic carbocycles. The maximum absolute atomic E-state index is 15.7. The largest absolute Gasteiger partial charge is 0.382 e. The first-order valence-corrected chi connectivity index (χ1v) is 14.2. The third-order valence-corrected chi connectivity index (χ3v) is 7.90. The minimum atomic E-state index is -0.624. The van der Waals surface area contributed by atoms with E-state index in [2.05, 4.69) is 27.2 Å². The average Bonchev–Trinajstić information content (AvgIpc) is 3.39. The summed E-state index contributed by atoms with van der Waals surface area (Å²) in [5.41, 5.74) is 9.11. The second-order valence-electron chi connectivity index (χ2n) is 10.6. The lowest BCUT2D eigenvalue weighted by Crippen LogP contribution is -2.33. The van der Waals surface area contributed by atoms with Gasteiger partial charge >= 0.3 is 0 Å². The number of hydrogen-bond acceptors (Lipinski definition) is 6. The topological polar surface area (TPSA) is 111 Å². The van der Waals surface area contributed by atoms with Crippen LogP contribution in [0.15, 0.2) is 84.0 Å². The van der Waals surface area contributed by atoms with Gasteiger partial charge in [-0.25, -0.2) is 13.9 Å². The highest BCUT2D eigenvalue weighted by Gasteiger charge is 2.26. The summed E-state index contributed by atoms with van der Waals surface area (Å²) in [6, 6.07) is 18.5. The number of carbonyl (C=O) groups is 1. The van der Waals surface area contributed by atoms with Crippen LogP contribution in [0.2, 0.25) is 0 Å². The fraction of sp³-hybridized carbons (Fsp3) is 0.250. The summed E-state index contributed by atoms with van der Waals surface area (Å²) in [7, 11) is 0. The molecule has 0 unspecified atom stereocenters. The number of likely N-dealkylation sites (tertiary alicyclic amines) is 1. The second kappa shape index (κ2) is 11.6. The van der Waals surface area contributed by atoms with Gasteiger partial charge in [-0.2, -0.15) is 5.10 Å². The third kappa shape index (κ3) is 5.16. The van der Waals surface area contributed by atoms with E-state index in [1.54, 1.807) is 41.0 Å². The highest BCUT2D eigenvalue weighted by atomic mass is 19.1. The molecule has 9 nitrogen and oxygen atoms in total. The van der Waals surface area contributed by atoms with E-state index in [1.165, 1.54) is 23.0 Å². The van der Waals surface area contributed by atoms with Crippen molar-refractivity contribution in [2.75, 3.05) is 30.7 Å². The van der Waals surface area contributed by atoms with Crippen LogP contribution in [0.1, 0.15) is 48.2 Å². The molecule has 214 valence electrons. The number of nitrogens with zero attached hydrogens (tertiary/aromatic N) is 5. The molecule has 1 saturated heterocycles. The number of hydrogen-bond donors (Lipinski definition) is 2. The Bertz CT molecular complexity index is 1810. The van der Waals surface area contributed by atoms with Gasteiger partial charge in [0.05, 0.1) is 0 Å². The molecule has 6 rings (SSSR count). The molecule has 1 fully saturated rings. The van der Waals surface area contributed by atoms with Crippen LogP contribution < -0.4 is 16.6 Å². The molecule has 0 atom stereocenters. The summed E-state index contributed by atoms with van der Waals surface area (Å²) in [4.78, 5) is 32.7. The van der Waals surface area contributed by atoms with E-state index >= 15 is 4.39 Å². The summed E-state index contributed by atoms with van der Waals surface area (Å²) >= 11 is 0. The predicted octanol–water partition coefficient (Wildman–Crippen LogP) is 5.11. The first-order chi connectivity index (χ1) is 20.4. The third-order valence-electron chi connectivity index (χ3n) is 7.90. The summed E-state index contributed by atoms with van der Waals surface area (Å²) in [6.45, 7) is 5.28. The Morgan fingerprint density at radius 3 is 2.57 bits per heavy atom. The minimum absolute atomic E-state index is 0.0520. The maximum atomic E-state index is 15.7. The quantitative estimate of drug-likeness (QED) is 0.284. The number of carbonyl (C=O) groups excluding carboxylic acids is 1. The first kappa shape index (κ1) is 27.3. The normalized spacial score (nSPS) is 14.3. The van der Waals surface area contributed by atoms with Gasteiger partial charge in [0.1, 0.15) is 23.2 Å². The van der Waals surface area contributed by atoms with E-state index in [1.807, 2.05) is 24.3 Å². The fourth-order valence-corrected chi connectivity index (χ4v) is 5.83. The minimum Gasteiger partial charge on any atom is -0.382 e. The Kier molecular flexibility index (Phi) is 7.54. The molecular formula is C32H32FN7O2. The number of fused-ring (bicyclic) bond motifs is 1. The van der Waals surface area contributed by atoms with Crippen LogP contribution in [-0.4, -0.2) is 49.6 Å². The predicted molar refractivity (Wildman–Crippen MR) is 161 cm³/mol. The molecule has 0 spiro atoms. The van der Waals surface area contributed by atoms with E-state index in [0.29, 0.717) is 22.3 Å².